The van der Waals surface area contributed by atoms with Gasteiger partial charge in [0.25, 0.3) is 0 Å². The molecule has 0 amide bonds. The Morgan fingerprint density at radius 1 is 0.919 bits per heavy atom. The number of carbonyl (C=O) groups excluding carboxylic acids is 1. The molecule has 0 N–H and O–H groups in total. The van der Waals surface area contributed by atoms with Crippen LogP contribution in [-0.4, -0.2) is 22.5 Å². The number of ether oxygens (including phenoxy) is 2. The second-order valence-electron chi connectivity index (χ2n) is 9.53. The van der Waals surface area contributed by atoms with Crippen molar-refractivity contribution in [2.75, 3.05) is 6.61 Å². The van der Waals surface area contributed by atoms with Gasteiger partial charge in [0.1, 0.15) is 11.5 Å². The lowest BCUT2D eigenvalue weighted by Crippen LogP contribution is -2.08. The van der Waals surface area contributed by atoms with E-state index >= 15 is 0 Å². The number of esters is 1. The van der Waals surface area contributed by atoms with Crippen molar-refractivity contribution >= 4 is 5.97 Å². The first-order valence-corrected chi connectivity index (χ1v) is 13.6. The molecule has 5 heteroatoms. The Kier molecular flexibility index (Phi) is 11.9. The fraction of sp³-hybridized carbons (Fsp3) is 0.406. The van der Waals surface area contributed by atoms with Crippen molar-refractivity contribution < 1.29 is 14.3 Å². The van der Waals surface area contributed by atoms with Crippen molar-refractivity contribution in [3.05, 3.63) is 84.2 Å². The summed E-state index contributed by atoms with van der Waals surface area (Å²) in [6.45, 7) is 7.26. The van der Waals surface area contributed by atoms with Crippen molar-refractivity contribution in [1.29, 1.82) is 0 Å². The minimum Gasteiger partial charge on any atom is -0.494 e. The van der Waals surface area contributed by atoms with Crippen LogP contribution in [0.5, 0.6) is 11.5 Å². The highest BCUT2D eigenvalue weighted by Crippen LogP contribution is 2.21. The van der Waals surface area contributed by atoms with E-state index in [4.69, 9.17) is 9.47 Å². The number of carbonyl (C=O) groups is 1. The predicted octanol–water partition coefficient (Wildman–Crippen LogP) is 8.25. The van der Waals surface area contributed by atoms with E-state index in [2.05, 4.69) is 36.0 Å². The van der Waals surface area contributed by atoms with Gasteiger partial charge in [-0.15, -0.1) is 0 Å². The maximum Gasteiger partial charge on any atom is 0.343 e. The first kappa shape index (κ1) is 28.1. The first-order valence-electron chi connectivity index (χ1n) is 13.6. The normalized spacial score (nSPS) is 12.0. The number of hydrogen-bond acceptors (Lipinski definition) is 5. The number of aryl methyl sites for hydroxylation is 1. The molecule has 2 aromatic carbocycles. The maximum atomic E-state index is 12.5. The van der Waals surface area contributed by atoms with Crippen LogP contribution < -0.4 is 9.47 Å². The molecule has 196 valence electrons. The molecule has 5 nitrogen and oxygen atoms in total. The minimum absolute atomic E-state index is 0.403. The number of unbranched alkanes of at least 4 members (excludes halogenated alkanes) is 3. The van der Waals surface area contributed by atoms with Crippen molar-refractivity contribution in [2.24, 2.45) is 5.92 Å². The van der Waals surface area contributed by atoms with Crippen LogP contribution in [0.2, 0.25) is 0 Å². The van der Waals surface area contributed by atoms with Gasteiger partial charge >= 0.3 is 5.97 Å². The Morgan fingerprint density at radius 2 is 1.62 bits per heavy atom. The number of hydrogen-bond donors (Lipinski definition) is 0. The number of benzene rings is 2. The lowest BCUT2D eigenvalue weighted by molar-refractivity contribution is 0.0734. The third-order valence-corrected chi connectivity index (χ3v) is 6.50. The van der Waals surface area contributed by atoms with Gasteiger partial charge in [-0.1, -0.05) is 45.3 Å². The van der Waals surface area contributed by atoms with Gasteiger partial charge in [-0.05, 0) is 99.0 Å². The molecule has 0 unspecified atom stereocenters. The zero-order valence-electron chi connectivity index (χ0n) is 22.5. The summed E-state index contributed by atoms with van der Waals surface area (Å²) in [5, 5.41) is 0. The van der Waals surface area contributed by atoms with E-state index in [1.165, 1.54) is 31.2 Å². The molecule has 3 rings (SSSR count). The van der Waals surface area contributed by atoms with Crippen LogP contribution >= 0.6 is 0 Å². The number of aromatic nitrogens is 2. The monoisotopic (exact) mass is 500 g/mol. The van der Waals surface area contributed by atoms with Gasteiger partial charge in [0.2, 0.25) is 0 Å². The fourth-order valence-electron chi connectivity index (χ4n) is 3.91. The summed E-state index contributed by atoms with van der Waals surface area (Å²) in [4.78, 5) is 21.6. The highest BCUT2D eigenvalue weighted by molar-refractivity contribution is 5.91. The lowest BCUT2D eigenvalue weighted by Gasteiger charge is -2.08. The van der Waals surface area contributed by atoms with Gasteiger partial charge in [0.05, 0.1) is 12.2 Å². The summed E-state index contributed by atoms with van der Waals surface area (Å²) >= 11 is 0. The molecule has 0 aliphatic carbocycles. The molecule has 1 heterocycles. The van der Waals surface area contributed by atoms with Crippen LogP contribution in [0.4, 0.5) is 0 Å². The smallest absolute Gasteiger partial charge is 0.343 e. The summed E-state index contributed by atoms with van der Waals surface area (Å²) < 4.78 is 11.3. The largest absolute Gasteiger partial charge is 0.494 e. The molecule has 1 atom stereocenters. The van der Waals surface area contributed by atoms with Crippen LogP contribution in [0.3, 0.4) is 0 Å². The predicted molar refractivity (Wildman–Crippen MR) is 150 cm³/mol. The third-order valence-electron chi connectivity index (χ3n) is 6.50. The zero-order chi connectivity index (χ0) is 26.3. The quantitative estimate of drug-likeness (QED) is 0.0910. The van der Waals surface area contributed by atoms with Crippen LogP contribution in [-0.2, 0) is 6.42 Å². The van der Waals surface area contributed by atoms with Crippen molar-refractivity contribution in [1.82, 2.24) is 9.97 Å². The van der Waals surface area contributed by atoms with Crippen LogP contribution in [0.1, 0.15) is 81.6 Å². The van der Waals surface area contributed by atoms with Crippen molar-refractivity contribution in [3.8, 4) is 22.9 Å². The topological polar surface area (TPSA) is 61.3 Å². The fourth-order valence-corrected chi connectivity index (χ4v) is 3.91. The standard InChI is InChI=1S/C32H40N2O3/c1-4-6-7-8-11-22-36-29-18-16-28(17-19-29)32(35)37-30-20-14-27(15-21-30)31-33-23-26(24-34-31)13-10-9-12-25(3)5-2/h4,6,14-21,23-25H,5,7-13,22H2,1-3H3/b6-4-/t25-/m0/s1. The molecule has 1 aromatic heterocycles. The number of nitrogens with zero attached hydrogens (tertiary/aromatic N) is 2. The molecule has 37 heavy (non-hydrogen) atoms. The van der Waals surface area contributed by atoms with E-state index in [9.17, 15) is 4.79 Å². The number of rotatable bonds is 15. The zero-order valence-corrected chi connectivity index (χ0v) is 22.5. The first-order chi connectivity index (χ1) is 18.1. The second-order valence-corrected chi connectivity index (χ2v) is 9.53. The lowest BCUT2D eigenvalue weighted by atomic mass is 10.00. The summed E-state index contributed by atoms with van der Waals surface area (Å²) in [6.07, 6.45) is 17.2. The summed E-state index contributed by atoms with van der Waals surface area (Å²) in [5.41, 5.74) is 2.53. The molecular weight excluding hydrogens is 460 g/mol. The van der Waals surface area contributed by atoms with Crippen LogP contribution in [0.25, 0.3) is 11.4 Å². The highest BCUT2D eigenvalue weighted by atomic mass is 16.5. The molecule has 0 saturated heterocycles. The maximum absolute atomic E-state index is 12.5. The Hall–Kier alpha value is -3.47. The Morgan fingerprint density at radius 3 is 2.30 bits per heavy atom. The van der Waals surface area contributed by atoms with Crippen molar-refractivity contribution in [3.63, 3.8) is 0 Å². The van der Waals surface area contributed by atoms with Gasteiger partial charge in [-0.25, -0.2) is 14.8 Å². The van der Waals surface area contributed by atoms with E-state index in [0.29, 0.717) is 23.7 Å². The summed E-state index contributed by atoms with van der Waals surface area (Å²) in [6, 6.07) is 14.3. The van der Waals surface area contributed by atoms with Gasteiger partial charge in [0, 0.05) is 18.0 Å². The average molecular weight is 501 g/mol. The SMILES string of the molecule is C/C=C\CCCCOc1ccc(C(=O)Oc2ccc(-c3ncc(CCCC[C@@H](C)CC)cn3)cc2)cc1. The Bertz CT molecular complexity index is 1090. The second kappa shape index (κ2) is 15.6. The van der Waals surface area contributed by atoms with E-state index in [1.807, 2.05) is 31.5 Å². The van der Waals surface area contributed by atoms with Gasteiger partial charge in [-0.3, -0.25) is 0 Å². The highest BCUT2D eigenvalue weighted by Gasteiger charge is 2.10. The average Bonchev–Trinajstić information content (AvgIpc) is 2.94. The molecule has 0 radical (unpaired) electrons. The Labute approximate surface area is 222 Å². The molecular formula is C32H40N2O3. The molecule has 0 fully saturated rings. The van der Waals surface area contributed by atoms with Crippen LogP contribution in [0.15, 0.2) is 73.1 Å². The molecule has 0 spiro atoms. The van der Waals surface area contributed by atoms with Gasteiger partial charge in [0.15, 0.2) is 5.82 Å². The van der Waals surface area contributed by atoms with E-state index in [-0.39, 0.29) is 0 Å². The molecule has 0 aliphatic rings. The minimum atomic E-state index is -0.403. The van der Waals surface area contributed by atoms with E-state index in [0.717, 1.165) is 42.9 Å². The third kappa shape index (κ3) is 9.83. The van der Waals surface area contributed by atoms with E-state index in [1.54, 1.807) is 36.4 Å². The summed E-state index contributed by atoms with van der Waals surface area (Å²) in [7, 11) is 0. The molecule has 3 aromatic rings. The van der Waals surface area contributed by atoms with E-state index < -0.39 is 5.97 Å². The summed E-state index contributed by atoms with van der Waals surface area (Å²) in [5.74, 6) is 2.30. The molecule has 0 aliphatic heterocycles. The van der Waals surface area contributed by atoms with Gasteiger partial charge < -0.3 is 9.47 Å². The molecule has 0 saturated carbocycles. The number of allylic oxidation sites excluding steroid dienone is 2. The molecule has 0 bridgehead atoms. The van der Waals surface area contributed by atoms with Gasteiger partial charge in [-0.2, -0.15) is 0 Å². The van der Waals surface area contributed by atoms with Crippen molar-refractivity contribution in [2.45, 2.75) is 72.1 Å². The Balaban J connectivity index is 1.45. The van der Waals surface area contributed by atoms with Crippen LogP contribution in [0, 0.1) is 5.92 Å².